The lowest BCUT2D eigenvalue weighted by Crippen LogP contribution is -2.01. The molecular weight excluding hydrogens is 371 g/mol. The Kier molecular flexibility index (Phi) is 4.49. The van der Waals surface area contributed by atoms with Crippen LogP contribution in [0.5, 0.6) is 5.88 Å². The minimum atomic E-state index is -2.51. The van der Waals surface area contributed by atoms with Crippen LogP contribution in [0.2, 0.25) is 0 Å². The van der Waals surface area contributed by atoms with E-state index in [0.717, 1.165) is 0 Å². The maximum atomic E-state index is 12.6. The van der Waals surface area contributed by atoms with Crippen molar-refractivity contribution in [3.8, 4) is 5.88 Å². The Morgan fingerprint density at radius 3 is 2.71 bits per heavy atom. The van der Waals surface area contributed by atoms with E-state index in [4.69, 9.17) is 4.74 Å². The molecule has 0 atom stereocenters. The molecule has 0 bridgehead atoms. The molecule has 0 amide bonds. The van der Waals surface area contributed by atoms with Gasteiger partial charge in [-0.15, -0.1) is 0 Å². The zero-order chi connectivity index (χ0) is 10.7. The number of nitrogens with zero attached hydrogens (tertiary/aromatic N) is 1. The van der Waals surface area contributed by atoms with Crippen LogP contribution in [0.4, 0.5) is 8.78 Å². The first kappa shape index (κ1) is 12.1. The van der Waals surface area contributed by atoms with Crippen molar-refractivity contribution in [3.63, 3.8) is 0 Å². The molecular formula is C8H7BrF2INO. The molecule has 0 fully saturated rings. The Labute approximate surface area is 102 Å². The minimum absolute atomic E-state index is 0.0247. The number of hydrogen-bond donors (Lipinski definition) is 0. The highest BCUT2D eigenvalue weighted by atomic mass is 127. The minimum Gasteiger partial charge on any atom is -0.481 e. The zero-order valence-electron chi connectivity index (χ0n) is 7.23. The fourth-order valence-corrected chi connectivity index (χ4v) is 2.28. The number of alkyl halides is 3. The van der Waals surface area contributed by atoms with Crippen LogP contribution < -0.4 is 4.74 Å². The molecule has 0 aliphatic rings. The molecule has 6 heteroatoms. The number of aromatic nitrogens is 1. The first-order valence-electron chi connectivity index (χ1n) is 3.67. The highest BCUT2D eigenvalue weighted by Crippen LogP contribution is 2.30. The van der Waals surface area contributed by atoms with Gasteiger partial charge in [0, 0.05) is 11.4 Å². The van der Waals surface area contributed by atoms with Crippen molar-refractivity contribution in [1.82, 2.24) is 4.98 Å². The van der Waals surface area contributed by atoms with Crippen LogP contribution in [0.25, 0.3) is 0 Å². The van der Waals surface area contributed by atoms with Crippen LogP contribution >= 0.6 is 38.5 Å². The van der Waals surface area contributed by atoms with Gasteiger partial charge in [0.15, 0.2) is 0 Å². The number of hydrogen-bond acceptors (Lipinski definition) is 2. The summed E-state index contributed by atoms with van der Waals surface area (Å²) in [4.78, 5) is 3.89. The molecule has 78 valence electrons. The molecule has 1 heterocycles. The summed E-state index contributed by atoms with van der Waals surface area (Å²) in [6.07, 6.45) is -2.51. The normalized spacial score (nSPS) is 10.7. The lowest BCUT2D eigenvalue weighted by Gasteiger charge is -2.10. The maximum absolute atomic E-state index is 12.6. The number of halogens is 4. The van der Waals surface area contributed by atoms with E-state index in [2.05, 4.69) is 20.9 Å². The van der Waals surface area contributed by atoms with E-state index in [1.165, 1.54) is 13.2 Å². The summed E-state index contributed by atoms with van der Waals surface area (Å²) >= 11 is 4.94. The molecule has 0 aliphatic heterocycles. The van der Waals surface area contributed by atoms with E-state index in [1.54, 1.807) is 22.6 Å². The van der Waals surface area contributed by atoms with Crippen LogP contribution in [0, 0.1) is 3.70 Å². The van der Waals surface area contributed by atoms with Gasteiger partial charge in [0.1, 0.15) is 3.70 Å². The second kappa shape index (κ2) is 5.20. The van der Waals surface area contributed by atoms with Crippen molar-refractivity contribution in [2.24, 2.45) is 0 Å². The summed E-state index contributed by atoms with van der Waals surface area (Å²) in [6.45, 7) is 0. The topological polar surface area (TPSA) is 22.1 Å². The molecule has 14 heavy (non-hydrogen) atoms. The highest BCUT2D eigenvalue weighted by Gasteiger charge is 2.18. The Morgan fingerprint density at radius 2 is 2.29 bits per heavy atom. The summed E-state index contributed by atoms with van der Waals surface area (Å²) in [7, 11) is 1.46. The van der Waals surface area contributed by atoms with Crippen molar-refractivity contribution < 1.29 is 13.5 Å². The van der Waals surface area contributed by atoms with Gasteiger partial charge in [0.05, 0.1) is 12.7 Å². The molecule has 2 nitrogen and oxygen atoms in total. The van der Waals surface area contributed by atoms with Crippen LogP contribution in [-0.2, 0) is 5.33 Å². The van der Waals surface area contributed by atoms with Crippen LogP contribution in [0.3, 0.4) is 0 Å². The van der Waals surface area contributed by atoms with E-state index < -0.39 is 6.43 Å². The van der Waals surface area contributed by atoms with Crippen molar-refractivity contribution >= 4 is 38.5 Å². The van der Waals surface area contributed by atoms with Gasteiger partial charge in [-0.05, 0) is 28.2 Å². The fraction of sp³-hybridized carbons (Fsp3) is 0.375. The molecule has 0 saturated heterocycles. The smallest absolute Gasteiger partial charge is 0.266 e. The predicted molar refractivity (Wildman–Crippen MR) is 61.1 cm³/mol. The molecule has 1 aromatic heterocycles. The average Bonchev–Trinajstić information content (AvgIpc) is 2.15. The standard InChI is InChI=1S/C8H7BrF2INO/c1-14-5-2-4(3-9)6(7(10)11)8(12)13-5/h2,7H,3H2,1H3. The van der Waals surface area contributed by atoms with Gasteiger partial charge < -0.3 is 4.74 Å². The van der Waals surface area contributed by atoms with E-state index >= 15 is 0 Å². The van der Waals surface area contributed by atoms with Gasteiger partial charge in [0.25, 0.3) is 6.43 Å². The van der Waals surface area contributed by atoms with Gasteiger partial charge in [-0.1, -0.05) is 15.9 Å². The first-order chi connectivity index (χ1) is 6.60. The van der Waals surface area contributed by atoms with Crippen LogP contribution in [0.1, 0.15) is 17.6 Å². The number of rotatable bonds is 3. The zero-order valence-corrected chi connectivity index (χ0v) is 11.0. The SMILES string of the molecule is COc1cc(CBr)c(C(F)F)c(I)n1. The lowest BCUT2D eigenvalue weighted by atomic mass is 10.2. The average molecular weight is 378 g/mol. The summed E-state index contributed by atoms with van der Waals surface area (Å²) in [5.41, 5.74) is 0.486. The van der Waals surface area contributed by atoms with Gasteiger partial charge >= 0.3 is 0 Å². The van der Waals surface area contributed by atoms with Crippen molar-refractivity contribution in [3.05, 3.63) is 20.9 Å². The fourth-order valence-electron chi connectivity index (χ4n) is 0.994. The quantitative estimate of drug-likeness (QED) is 0.456. The van der Waals surface area contributed by atoms with E-state index in [9.17, 15) is 8.78 Å². The Morgan fingerprint density at radius 1 is 1.64 bits per heavy atom. The first-order valence-corrected chi connectivity index (χ1v) is 5.87. The molecule has 0 saturated carbocycles. The summed E-state index contributed by atoms with van der Waals surface area (Å²) < 4.78 is 30.4. The molecule has 0 unspecified atom stereocenters. The highest BCUT2D eigenvalue weighted by molar-refractivity contribution is 14.1. The van der Waals surface area contributed by atoms with Crippen molar-refractivity contribution in [2.75, 3.05) is 7.11 Å². The molecule has 0 aromatic carbocycles. The third-order valence-electron chi connectivity index (χ3n) is 1.65. The second-order valence-electron chi connectivity index (χ2n) is 2.46. The molecule has 1 aromatic rings. The van der Waals surface area contributed by atoms with Crippen LogP contribution in [-0.4, -0.2) is 12.1 Å². The largest absolute Gasteiger partial charge is 0.481 e. The predicted octanol–water partition coefficient (Wildman–Crippen LogP) is 3.53. The number of ether oxygens (including phenoxy) is 1. The molecule has 0 spiro atoms. The van der Waals surface area contributed by atoms with Gasteiger partial charge in [-0.25, -0.2) is 13.8 Å². The third kappa shape index (κ3) is 2.53. The second-order valence-corrected chi connectivity index (χ2v) is 4.05. The van der Waals surface area contributed by atoms with Crippen molar-refractivity contribution in [2.45, 2.75) is 11.8 Å². The molecule has 1 rings (SSSR count). The van der Waals surface area contributed by atoms with E-state index in [0.29, 0.717) is 16.8 Å². The van der Waals surface area contributed by atoms with Crippen LogP contribution in [0.15, 0.2) is 6.07 Å². The van der Waals surface area contributed by atoms with Gasteiger partial charge in [0.2, 0.25) is 5.88 Å². The molecule has 0 aliphatic carbocycles. The summed E-state index contributed by atoms with van der Waals surface area (Å²) in [6, 6.07) is 1.51. The Balaban J connectivity index is 3.27. The number of methoxy groups -OCH3 is 1. The molecule has 0 N–H and O–H groups in total. The lowest BCUT2D eigenvalue weighted by molar-refractivity contribution is 0.149. The van der Waals surface area contributed by atoms with Gasteiger partial charge in [-0.3, -0.25) is 0 Å². The Bertz CT molecular complexity index is 335. The monoisotopic (exact) mass is 377 g/mol. The third-order valence-corrected chi connectivity index (χ3v) is 3.07. The maximum Gasteiger partial charge on any atom is 0.266 e. The molecule has 0 radical (unpaired) electrons. The summed E-state index contributed by atoms with van der Waals surface area (Å²) in [5, 5.41) is 0.363. The van der Waals surface area contributed by atoms with E-state index in [-0.39, 0.29) is 9.26 Å². The summed E-state index contributed by atoms with van der Waals surface area (Å²) in [5.74, 6) is 0.355. The number of pyridine rings is 1. The Hall–Kier alpha value is 0.0200. The van der Waals surface area contributed by atoms with Crippen molar-refractivity contribution in [1.29, 1.82) is 0 Å². The van der Waals surface area contributed by atoms with E-state index in [1.807, 2.05) is 0 Å². The van der Waals surface area contributed by atoms with Gasteiger partial charge in [-0.2, -0.15) is 0 Å².